The molecule has 1 unspecified atom stereocenters. The Labute approximate surface area is 109 Å². The van der Waals surface area contributed by atoms with Crippen LogP contribution in [-0.2, 0) is 4.74 Å². The topological polar surface area (TPSA) is 51.2 Å². The third-order valence-electron chi connectivity index (χ3n) is 2.49. The number of hydrogen-bond acceptors (Lipinski definition) is 4. The van der Waals surface area contributed by atoms with Crippen molar-refractivity contribution in [2.75, 3.05) is 11.9 Å². The van der Waals surface area contributed by atoms with Crippen LogP contribution in [0.25, 0.3) is 0 Å². The summed E-state index contributed by atoms with van der Waals surface area (Å²) in [5.74, 6) is 1.11. The van der Waals surface area contributed by atoms with Crippen molar-refractivity contribution >= 4 is 11.8 Å². The molecule has 4 nitrogen and oxygen atoms in total. The van der Waals surface area contributed by atoms with Gasteiger partial charge in [0.2, 0.25) is 0 Å². The number of anilines is 1. The Morgan fingerprint density at radius 2 is 2.11 bits per heavy atom. The molecule has 0 bridgehead atoms. The molecule has 18 heavy (non-hydrogen) atoms. The highest BCUT2D eigenvalue weighted by Gasteiger charge is 2.08. The smallest absolute Gasteiger partial charge is 0.339 e. The molecule has 0 saturated heterocycles. The van der Waals surface area contributed by atoms with E-state index < -0.39 is 0 Å². The van der Waals surface area contributed by atoms with Crippen molar-refractivity contribution in [3.05, 3.63) is 23.9 Å². The van der Waals surface area contributed by atoms with Gasteiger partial charge in [0.25, 0.3) is 0 Å². The van der Waals surface area contributed by atoms with Crippen molar-refractivity contribution in [2.45, 2.75) is 40.2 Å². The summed E-state index contributed by atoms with van der Waals surface area (Å²) in [5.41, 5.74) is 0.485. The average molecular weight is 250 g/mol. The SMILES string of the molecule is CCOC(=O)c1ccc(NC(C)CC(C)C)nc1. The third kappa shape index (κ3) is 4.73. The molecule has 1 atom stereocenters. The van der Waals surface area contributed by atoms with E-state index in [1.54, 1.807) is 19.2 Å². The van der Waals surface area contributed by atoms with Crippen LogP contribution in [0.1, 0.15) is 44.5 Å². The van der Waals surface area contributed by atoms with Crippen LogP contribution >= 0.6 is 0 Å². The van der Waals surface area contributed by atoms with Gasteiger partial charge < -0.3 is 10.1 Å². The molecule has 1 N–H and O–H groups in total. The van der Waals surface area contributed by atoms with Gasteiger partial charge in [0, 0.05) is 12.2 Å². The molecule has 0 aliphatic heterocycles. The molecule has 1 rings (SSSR count). The third-order valence-corrected chi connectivity index (χ3v) is 2.49. The number of nitrogens with one attached hydrogen (secondary N) is 1. The lowest BCUT2D eigenvalue weighted by Gasteiger charge is -2.16. The summed E-state index contributed by atoms with van der Waals surface area (Å²) in [4.78, 5) is 15.7. The first-order chi connectivity index (χ1) is 8.52. The Morgan fingerprint density at radius 3 is 2.61 bits per heavy atom. The second kappa shape index (κ2) is 6.99. The van der Waals surface area contributed by atoms with E-state index in [4.69, 9.17) is 4.74 Å². The van der Waals surface area contributed by atoms with Crippen LogP contribution < -0.4 is 5.32 Å². The van der Waals surface area contributed by atoms with Crippen LogP contribution in [0.15, 0.2) is 18.3 Å². The van der Waals surface area contributed by atoms with Crippen molar-refractivity contribution in [2.24, 2.45) is 5.92 Å². The minimum atomic E-state index is -0.327. The standard InChI is InChI=1S/C14H22N2O2/c1-5-18-14(17)12-6-7-13(15-9-12)16-11(4)8-10(2)3/h6-7,9-11H,5,8H2,1-4H3,(H,15,16). The Kier molecular flexibility index (Phi) is 5.62. The molecule has 0 spiro atoms. The molecular weight excluding hydrogens is 228 g/mol. The summed E-state index contributed by atoms with van der Waals surface area (Å²) < 4.78 is 4.90. The van der Waals surface area contributed by atoms with Gasteiger partial charge in [-0.3, -0.25) is 0 Å². The predicted octanol–water partition coefficient (Wildman–Crippen LogP) is 3.10. The zero-order valence-corrected chi connectivity index (χ0v) is 11.6. The van der Waals surface area contributed by atoms with E-state index in [2.05, 4.69) is 31.1 Å². The van der Waals surface area contributed by atoms with E-state index in [0.29, 0.717) is 24.1 Å². The molecule has 0 aliphatic rings. The second-order valence-corrected chi connectivity index (χ2v) is 4.83. The lowest BCUT2D eigenvalue weighted by Crippen LogP contribution is -2.18. The fourth-order valence-electron chi connectivity index (χ4n) is 1.83. The van der Waals surface area contributed by atoms with Gasteiger partial charge in [0.05, 0.1) is 12.2 Å². The molecule has 1 aromatic rings. The zero-order valence-electron chi connectivity index (χ0n) is 11.6. The number of ether oxygens (including phenoxy) is 1. The highest BCUT2D eigenvalue weighted by molar-refractivity contribution is 5.89. The number of nitrogens with zero attached hydrogens (tertiary/aromatic N) is 1. The van der Waals surface area contributed by atoms with Crippen LogP contribution in [0.3, 0.4) is 0 Å². The van der Waals surface area contributed by atoms with Crippen LogP contribution in [0.5, 0.6) is 0 Å². The van der Waals surface area contributed by atoms with Gasteiger partial charge >= 0.3 is 5.97 Å². The fraction of sp³-hybridized carbons (Fsp3) is 0.571. The fourth-order valence-corrected chi connectivity index (χ4v) is 1.83. The minimum Gasteiger partial charge on any atom is -0.462 e. The maximum Gasteiger partial charge on any atom is 0.339 e. The summed E-state index contributed by atoms with van der Waals surface area (Å²) in [7, 11) is 0. The molecule has 0 aromatic carbocycles. The predicted molar refractivity (Wildman–Crippen MR) is 72.7 cm³/mol. The summed E-state index contributed by atoms with van der Waals surface area (Å²) >= 11 is 0. The molecule has 1 heterocycles. The van der Waals surface area contributed by atoms with E-state index in [1.165, 1.54) is 0 Å². The van der Waals surface area contributed by atoms with Gasteiger partial charge in [0.15, 0.2) is 0 Å². The number of carbonyl (C=O) groups excluding carboxylic acids is 1. The average Bonchev–Trinajstić information content (AvgIpc) is 2.29. The minimum absolute atomic E-state index is 0.327. The van der Waals surface area contributed by atoms with Crippen molar-refractivity contribution < 1.29 is 9.53 Å². The van der Waals surface area contributed by atoms with E-state index in [0.717, 1.165) is 12.2 Å². The second-order valence-electron chi connectivity index (χ2n) is 4.83. The number of aromatic nitrogens is 1. The van der Waals surface area contributed by atoms with Crippen LogP contribution in [0, 0.1) is 5.92 Å². The maximum atomic E-state index is 11.4. The molecular formula is C14H22N2O2. The Balaban J connectivity index is 2.57. The normalized spacial score (nSPS) is 12.3. The molecule has 4 heteroatoms. The van der Waals surface area contributed by atoms with Gasteiger partial charge in [-0.05, 0) is 38.3 Å². The first kappa shape index (κ1) is 14.5. The lowest BCUT2D eigenvalue weighted by molar-refractivity contribution is 0.0526. The van der Waals surface area contributed by atoms with E-state index in [9.17, 15) is 4.79 Å². The largest absolute Gasteiger partial charge is 0.462 e. The first-order valence-electron chi connectivity index (χ1n) is 6.42. The van der Waals surface area contributed by atoms with E-state index in [1.807, 2.05) is 6.07 Å². The van der Waals surface area contributed by atoms with Crippen molar-refractivity contribution in [1.29, 1.82) is 0 Å². The highest BCUT2D eigenvalue weighted by Crippen LogP contribution is 2.11. The Hall–Kier alpha value is -1.58. The van der Waals surface area contributed by atoms with E-state index in [-0.39, 0.29) is 5.97 Å². The summed E-state index contributed by atoms with van der Waals surface area (Å²) in [6.07, 6.45) is 2.63. The Bertz CT molecular complexity index is 374. The van der Waals surface area contributed by atoms with Crippen molar-refractivity contribution in [3.8, 4) is 0 Å². The molecule has 0 fully saturated rings. The zero-order chi connectivity index (χ0) is 13.5. The van der Waals surface area contributed by atoms with Gasteiger partial charge in [0.1, 0.15) is 5.82 Å². The highest BCUT2D eigenvalue weighted by atomic mass is 16.5. The first-order valence-corrected chi connectivity index (χ1v) is 6.42. The number of carbonyl (C=O) groups is 1. The van der Waals surface area contributed by atoms with Gasteiger partial charge in [-0.1, -0.05) is 13.8 Å². The summed E-state index contributed by atoms with van der Waals surface area (Å²) in [6.45, 7) is 8.67. The monoisotopic (exact) mass is 250 g/mol. The Morgan fingerprint density at radius 1 is 1.39 bits per heavy atom. The van der Waals surface area contributed by atoms with Crippen LogP contribution in [0.2, 0.25) is 0 Å². The quantitative estimate of drug-likeness (QED) is 0.788. The maximum absolute atomic E-state index is 11.4. The van der Waals surface area contributed by atoms with Crippen LogP contribution in [-0.4, -0.2) is 23.6 Å². The summed E-state index contributed by atoms with van der Waals surface area (Å²) in [6, 6.07) is 3.91. The molecule has 0 saturated carbocycles. The van der Waals surface area contributed by atoms with Crippen molar-refractivity contribution in [1.82, 2.24) is 4.98 Å². The molecule has 100 valence electrons. The van der Waals surface area contributed by atoms with Gasteiger partial charge in [-0.2, -0.15) is 0 Å². The molecule has 1 aromatic heterocycles. The molecule has 0 amide bonds. The molecule has 0 aliphatic carbocycles. The van der Waals surface area contributed by atoms with Gasteiger partial charge in [-0.25, -0.2) is 9.78 Å². The number of hydrogen-bond donors (Lipinski definition) is 1. The number of rotatable bonds is 6. The van der Waals surface area contributed by atoms with Gasteiger partial charge in [-0.15, -0.1) is 0 Å². The van der Waals surface area contributed by atoms with E-state index >= 15 is 0 Å². The molecule has 0 radical (unpaired) electrons. The summed E-state index contributed by atoms with van der Waals surface area (Å²) in [5, 5.41) is 3.31. The lowest BCUT2D eigenvalue weighted by atomic mass is 10.1. The van der Waals surface area contributed by atoms with Crippen LogP contribution in [0.4, 0.5) is 5.82 Å². The number of pyridine rings is 1. The number of esters is 1. The van der Waals surface area contributed by atoms with Crippen molar-refractivity contribution in [3.63, 3.8) is 0 Å².